The molecule has 2 atom stereocenters. The van der Waals surface area contributed by atoms with Crippen LogP contribution in [0.2, 0.25) is 0 Å². The van der Waals surface area contributed by atoms with Crippen LogP contribution in [0, 0.1) is 0 Å². The summed E-state index contributed by atoms with van der Waals surface area (Å²) in [5.74, 6) is -0.833. The summed E-state index contributed by atoms with van der Waals surface area (Å²) in [6, 6.07) is 10.4. The molecule has 1 fully saturated rings. The number of benzene rings is 1. The summed E-state index contributed by atoms with van der Waals surface area (Å²) in [4.78, 5) is 9.00. The summed E-state index contributed by atoms with van der Waals surface area (Å²) in [7, 11) is 0. The van der Waals surface area contributed by atoms with Crippen molar-refractivity contribution in [3.05, 3.63) is 48.6 Å². The monoisotopic (exact) mass is 369 g/mol. The first-order valence-corrected chi connectivity index (χ1v) is 9.24. The average Bonchev–Trinajstić information content (AvgIpc) is 3.12. The molecule has 0 aromatic heterocycles. The minimum absolute atomic E-state index is 0. The van der Waals surface area contributed by atoms with Crippen molar-refractivity contribution in [3.63, 3.8) is 0 Å². The molecule has 154 valence electrons. The molecule has 0 radical (unpaired) electrons. The number of nitrogens with one attached hydrogen (secondary N) is 1. The minimum atomic E-state index is -0.833. The number of aliphatic hydroxyl groups excluding tert-OH is 1. The predicted octanol–water partition coefficient (Wildman–Crippen LogP) is 5.83. The summed E-state index contributed by atoms with van der Waals surface area (Å²) in [6.45, 7) is 15.4. The van der Waals surface area contributed by atoms with E-state index in [2.05, 4.69) is 11.9 Å². The molecule has 1 aliphatic heterocycles. The van der Waals surface area contributed by atoms with Gasteiger partial charge in [0.25, 0.3) is 5.97 Å². The number of allylic oxidation sites excluding steroid dienone is 1. The highest BCUT2D eigenvalue weighted by atomic mass is 16.4. The standard InChI is InChI=1S/C12H17NO.C3H6.C2H4O2.2C2H6.CH4/c14-12(9-11-7-4-8-13-11)10-5-2-1-3-6-10;1-3-2;1-2(3)4;2*1-2;/h1-3,5-6,11-14H,4,7-9H2;3H,1H2,2H3;1H3,(H,3,4);2*1-2H3;1H4. The highest BCUT2D eigenvalue weighted by Crippen LogP contribution is 2.21. The Labute approximate surface area is 162 Å². The van der Waals surface area contributed by atoms with Crippen LogP contribution in [0.5, 0.6) is 0 Å². The molecular formula is C22H43NO3. The average molecular weight is 370 g/mol. The smallest absolute Gasteiger partial charge is 0.300 e. The minimum Gasteiger partial charge on any atom is -0.481 e. The van der Waals surface area contributed by atoms with Crippen molar-refractivity contribution >= 4 is 5.97 Å². The van der Waals surface area contributed by atoms with Crippen LogP contribution in [-0.2, 0) is 4.79 Å². The van der Waals surface area contributed by atoms with E-state index < -0.39 is 5.97 Å². The van der Waals surface area contributed by atoms with Gasteiger partial charge >= 0.3 is 0 Å². The van der Waals surface area contributed by atoms with Crippen LogP contribution < -0.4 is 5.32 Å². The highest BCUT2D eigenvalue weighted by Gasteiger charge is 2.18. The van der Waals surface area contributed by atoms with Crippen LogP contribution >= 0.6 is 0 Å². The Bertz CT molecular complexity index is 384. The van der Waals surface area contributed by atoms with E-state index in [1.54, 1.807) is 6.08 Å². The molecule has 1 saturated heterocycles. The maximum Gasteiger partial charge on any atom is 0.300 e. The van der Waals surface area contributed by atoms with Gasteiger partial charge in [0.2, 0.25) is 0 Å². The Morgan fingerprint density at radius 1 is 1.27 bits per heavy atom. The third kappa shape index (κ3) is 22.4. The molecule has 3 N–H and O–H groups in total. The van der Waals surface area contributed by atoms with Crippen LogP contribution in [0.4, 0.5) is 0 Å². The van der Waals surface area contributed by atoms with E-state index in [0.29, 0.717) is 6.04 Å². The van der Waals surface area contributed by atoms with Crippen molar-refractivity contribution in [2.75, 3.05) is 6.54 Å². The Balaban J connectivity index is -0.000000171. The van der Waals surface area contributed by atoms with E-state index in [1.165, 1.54) is 12.8 Å². The van der Waals surface area contributed by atoms with E-state index in [4.69, 9.17) is 9.90 Å². The molecule has 1 aliphatic rings. The van der Waals surface area contributed by atoms with E-state index in [1.807, 2.05) is 65.0 Å². The number of carbonyl (C=O) groups is 1. The SMILES string of the molecule is C.C=CC.CC.CC.CC(=O)O.OC(CC1CCCN1)c1ccccc1. The van der Waals surface area contributed by atoms with Gasteiger partial charge in [-0.3, -0.25) is 4.79 Å². The third-order valence-corrected chi connectivity index (χ3v) is 2.85. The van der Waals surface area contributed by atoms with Crippen LogP contribution in [0.1, 0.15) is 79.9 Å². The lowest BCUT2D eigenvalue weighted by atomic mass is 10.0. The maximum atomic E-state index is 9.94. The fourth-order valence-corrected chi connectivity index (χ4v) is 2.04. The lowest BCUT2D eigenvalue weighted by Gasteiger charge is -2.15. The van der Waals surface area contributed by atoms with Gasteiger partial charge in [-0.2, -0.15) is 0 Å². The lowest BCUT2D eigenvalue weighted by Crippen LogP contribution is -2.23. The summed E-state index contributed by atoms with van der Waals surface area (Å²) < 4.78 is 0. The van der Waals surface area contributed by atoms with E-state index in [9.17, 15) is 5.11 Å². The molecule has 1 aromatic carbocycles. The second kappa shape index (κ2) is 25.6. The molecule has 0 saturated carbocycles. The first kappa shape index (κ1) is 32.1. The molecule has 0 amide bonds. The van der Waals surface area contributed by atoms with Crippen molar-refractivity contribution < 1.29 is 15.0 Å². The number of hydrogen-bond acceptors (Lipinski definition) is 3. The largest absolute Gasteiger partial charge is 0.481 e. The fourth-order valence-electron chi connectivity index (χ4n) is 2.04. The molecule has 1 aromatic rings. The van der Waals surface area contributed by atoms with E-state index in [-0.39, 0.29) is 13.5 Å². The number of hydrogen-bond donors (Lipinski definition) is 3. The summed E-state index contributed by atoms with van der Waals surface area (Å²) in [5, 5.41) is 20.8. The van der Waals surface area contributed by atoms with Gasteiger partial charge in [0.1, 0.15) is 0 Å². The number of rotatable bonds is 3. The summed E-state index contributed by atoms with van der Waals surface area (Å²) in [6.07, 6.45) is 4.71. The second-order valence-electron chi connectivity index (χ2n) is 4.88. The first-order valence-electron chi connectivity index (χ1n) is 9.24. The summed E-state index contributed by atoms with van der Waals surface area (Å²) >= 11 is 0. The Kier molecular flexibility index (Phi) is 31.6. The van der Waals surface area contributed by atoms with E-state index in [0.717, 1.165) is 25.5 Å². The zero-order chi connectivity index (χ0) is 20.1. The second-order valence-corrected chi connectivity index (χ2v) is 4.88. The van der Waals surface area contributed by atoms with Crippen molar-refractivity contribution in [3.8, 4) is 0 Å². The number of aliphatic carboxylic acids is 1. The van der Waals surface area contributed by atoms with Gasteiger partial charge in [0, 0.05) is 13.0 Å². The molecule has 26 heavy (non-hydrogen) atoms. The van der Waals surface area contributed by atoms with Crippen LogP contribution in [0.25, 0.3) is 0 Å². The van der Waals surface area contributed by atoms with Crippen molar-refractivity contribution in [1.29, 1.82) is 0 Å². The van der Waals surface area contributed by atoms with Crippen molar-refractivity contribution in [1.82, 2.24) is 5.32 Å². The zero-order valence-corrected chi connectivity index (χ0v) is 17.0. The fraction of sp³-hybridized carbons (Fsp3) is 0.591. The molecule has 2 rings (SSSR count). The van der Waals surface area contributed by atoms with Gasteiger partial charge in [0.15, 0.2) is 0 Å². The quantitative estimate of drug-likeness (QED) is 0.586. The Morgan fingerprint density at radius 3 is 2.04 bits per heavy atom. The molecular weight excluding hydrogens is 326 g/mol. The molecule has 1 heterocycles. The topological polar surface area (TPSA) is 69.6 Å². The lowest BCUT2D eigenvalue weighted by molar-refractivity contribution is -0.134. The zero-order valence-electron chi connectivity index (χ0n) is 17.0. The normalized spacial score (nSPS) is 14.7. The molecule has 0 spiro atoms. The van der Waals surface area contributed by atoms with Gasteiger partial charge in [0.05, 0.1) is 6.10 Å². The number of carboxylic acids is 1. The third-order valence-electron chi connectivity index (χ3n) is 2.85. The van der Waals surface area contributed by atoms with Gasteiger partial charge in [-0.05, 0) is 38.3 Å². The first-order chi connectivity index (χ1) is 12.0. The number of carboxylic acid groups (broad SMARTS) is 1. The predicted molar refractivity (Wildman–Crippen MR) is 116 cm³/mol. The van der Waals surface area contributed by atoms with Crippen LogP contribution in [0.3, 0.4) is 0 Å². The van der Waals surface area contributed by atoms with Crippen LogP contribution in [0.15, 0.2) is 43.0 Å². The molecule has 4 nitrogen and oxygen atoms in total. The molecule has 4 heteroatoms. The van der Waals surface area contributed by atoms with E-state index >= 15 is 0 Å². The van der Waals surface area contributed by atoms with Gasteiger partial charge in [-0.15, -0.1) is 6.58 Å². The van der Waals surface area contributed by atoms with Gasteiger partial charge in [-0.25, -0.2) is 0 Å². The van der Waals surface area contributed by atoms with Gasteiger partial charge in [-0.1, -0.05) is 71.5 Å². The molecule has 0 bridgehead atoms. The van der Waals surface area contributed by atoms with Crippen LogP contribution in [-0.4, -0.2) is 28.8 Å². The van der Waals surface area contributed by atoms with Crippen molar-refractivity contribution in [2.45, 2.75) is 80.4 Å². The Hall–Kier alpha value is -1.65. The van der Waals surface area contributed by atoms with Crippen molar-refractivity contribution in [2.24, 2.45) is 0 Å². The molecule has 0 aliphatic carbocycles. The maximum absolute atomic E-state index is 9.94. The molecule has 2 unspecified atom stereocenters. The Morgan fingerprint density at radius 2 is 1.69 bits per heavy atom. The highest BCUT2D eigenvalue weighted by molar-refractivity contribution is 5.62. The number of aliphatic hydroxyl groups is 1. The van der Waals surface area contributed by atoms with Gasteiger partial charge < -0.3 is 15.5 Å². The summed E-state index contributed by atoms with van der Waals surface area (Å²) in [5.41, 5.74) is 1.03.